The predicted molar refractivity (Wildman–Crippen MR) is 371 cm³/mol. The molecule has 4 fully saturated rings. The van der Waals surface area contributed by atoms with Crippen molar-refractivity contribution >= 4 is 0 Å². The molecule has 78 heavy (non-hydrogen) atoms. The van der Waals surface area contributed by atoms with E-state index in [1.807, 2.05) is 0 Å². The summed E-state index contributed by atoms with van der Waals surface area (Å²) in [6.45, 7) is 103. The lowest BCUT2D eigenvalue weighted by molar-refractivity contribution is 0.126. The van der Waals surface area contributed by atoms with E-state index in [0.29, 0.717) is 54.1 Å². The second kappa shape index (κ2) is 36.8. The van der Waals surface area contributed by atoms with E-state index in [-0.39, 0.29) is 0 Å². The van der Waals surface area contributed by atoms with E-state index in [1.165, 1.54) is 63.2 Å². The Morgan fingerprint density at radius 2 is 0.692 bits per heavy atom. The van der Waals surface area contributed by atoms with Gasteiger partial charge in [0.2, 0.25) is 0 Å². The van der Waals surface area contributed by atoms with Gasteiger partial charge in [-0.2, -0.15) is 0 Å². The third kappa shape index (κ3) is 45.4. The maximum atomic E-state index is 2.44. The maximum absolute atomic E-state index is 2.44. The van der Waals surface area contributed by atoms with Crippen LogP contribution in [0.25, 0.3) is 0 Å². The Labute approximate surface area is 504 Å². The van der Waals surface area contributed by atoms with E-state index >= 15 is 0 Å². The lowest BCUT2D eigenvalue weighted by Crippen LogP contribution is -2.28. The first-order chi connectivity index (χ1) is 34.0. The zero-order valence-corrected chi connectivity index (χ0v) is 64.6. The highest BCUT2D eigenvalue weighted by Crippen LogP contribution is 2.60. The Kier molecular flexibility index (Phi) is 42.0. The van der Waals surface area contributed by atoms with Crippen molar-refractivity contribution in [1.29, 1.82) is 0 Å². The van der Waals surface area contributed by atoms with Crippen molar-refractivity contribution in [3.63, 3.8) is 0 Å². The zero-order valence-electron chi connectivity index (χ0n) is 64.6. The summed E-state index contributed by atoms with van der Waals surface area (Å²) in [5.74, 6) is 10.6. The molecule has 0 N–H and O–H groups in total. The van der Waals surface area contributed by atoms with Crippen molar-refractivity contribution in [1.82, 2.24) is 0 Å². The van der Waals surface area contributed by atoms with Crippen molar-refractivity contribution in [3.05, 3.63) is 0 Å². The largest absolute Gasteiger partial charge is 0.0651 e. The normalized spacial score (nSPS) is 19.2. The second-order valence-corrected chi connectivity index (χ2v) is 37.8. The van der Waals surface area contributed by atoms with Gasteiger partial charge in [0.05, 0.1) is 0 Å². The Morgan fingerprint density at radius 1 is 0.397 bits per heavy atom. The lowest BCUT2D eigenvalue weighted by atomic mass is 9.68. The number of hydrogen-bond acceptors (Lipinski definition) is 0. The lowest BCUT2D eigenvalue weighted by Gasteiger charge is -2.37. The average Bonchev–Trinajstić information content (AvgIpc) is 4.02. The summed E-state index contributed by atoms with van der Waals surface area (Å²) in [5.41, 5.74) is 5.46. The van der Waals surface area contributed by atoms with Gasteiger partial charge in [0.15, 0.2) is 0 Å². The highest BCUT2D eigenvalue weighted by molar-refractivity contribution is 5.00. The maximum Gasteiger partial charge on any atom is -0.0297 e. The minimum atomic E-state index is 0.437. The Morgan fingerprint density at radius 3 is 0.718 bits per heavy atom. The molecule has 480 valence electrons. The number of rotatable bonds is 10. The van der Waals surface area contributed by atoms with E-state index in [1.54, 1.807) is 19.3 Å². The fraction of sp³-hybridized carbons (Fsp3) is 1.00. The van der Waals surface area contributed by atoms with Crippen LogP contribution in [-0.2, 0) is 0 Å². The second-order valence-electron chi connectivity index (χ2n) is 37.8. The van der Waals surface area contributed by atoms with Gasteiger partial charge in [-0.25, -0.2) is 0 Å². The summed E-state index contributed by atoms with van der Waals surface area (Å²) in [4.78, 5) is 0. The highest BCUT2D eigenvalue weighted by atomic mass is 14.5. The Bertz CT molecular complexity index is 1280. The first-order valence-electron chi connectivity index (χ1n) is 34.0. The molecular weight excluding hydrogens is 937 g/mol. The minimum absolute atomic E-state index is 0.437. The van der Waals surface area contributed by atoms with Gasteiger partial charge in [0.1, 0.15) is 0 Å². The van der Waals surface area contributed by atoms with Crippen molar-refractivity contribution in [2.45, 2.75) is 382 Å². The first kappa shape index (κ1) is 89.2. The van der Waals surface area contributed by atoms with Gasteiger partial charge in [0, 0.05) is 0 Å². The summed E-state index contributed by atoms with van der Waals surface area (Å²) in [6, 6.07) is 0. The summed E-state index contributed by atoms with van der Waals surface area (Å²) < 4.78 is 0. The molecule has 0 nitrogen and oxygen atoms in total. The molecule has 0 heteroatoms. The van der Waals surface area contributed by atoms with Gasteiger partial charge in [-0.3, -0.25) is 0 Å². The standard InChI is InChI=1S/C9H20.6C8H18.2C7H12.C7H16/c1-7-9(5,6)8(2,3)4;3*1-7(2,3)8(4,5)6;1-6-7(2)8(3,4)5;1-6-8(4,5)7(2)3;1-6(2)8(5)7(3)4;1-7(4-5-7)6-2-3-6;1-5-4-7(5)6-2-3-6;1-5-7(4)6(2)3/h7H2,1-6H3;3*1-6H3;2*7H,6H2,1-5H3;6-8H,1-5H3;6H,2-5H2,1H3;5-7H,2-4H2,1H3;6-7H,5H2,1-4H3/t;;;;;;;;5-,7?;7-/m........01/s1. The monoisotopic (exact) mass is 1110 g/mol. The van der Waals surface area contributed by atoms with Crippen LogP contribution in [0.1, 0.15) is 382 Å². The molecule has 4 saturated carbocycles. The summed E-state index contributed by atoms with van der Waals surface area (Å²) in [7, 11) is 0. The fourth-order valence-corrected chi connectivity index (χ4v) is 5.71. The topological polar surface area (TPSA) is 0 Å². The van der Waals surface area contributed by atoms with Gasteiger partial charge in [0.25, 0.3) is 0 Å². The number of hydrogen-bond donors (Lipinski definition) is 0. The van der Waals surface area contributed by atoms with Crippen LogP contribution in [0.3, 0.4) is 0 Å². The molecule has 4 aliphatic rings. The molecule has 0 aliphatic heterocycles. The van der Waals surface area contributed by atoms with Crippen LogP contribution in [0.15, 0.2) is 0 Å². The van der Waals surface area contributed by atoms with Crippen molar-refractivity contribution in [3.8, 4) is 0 Å². The molecule has 0 heterocycles. The summed E-state index contributed by atoms with van der Waals surface area (Å²) in [6.07, 6.45) is 15.9. The van der Waals surface area contributed by atoms with Crippen LogP contribution >= 0.6 is 0 Å². The van der Waals surface area contributed by atoms with Crippen LogP contribution in [0.4, 0.5) is 0 Å². The van der Waals surface area contributed by atoms with Gasteiger partial charge in [-0.15, -0.1) is 0 Å². The van der Waals surface area contributed by atoms with Crippen LogP contribution < -0.4 is 0 Å². The molecule has 4 aliphatic carbocycles. The zero-order chi connectivity index (χ0) is 64.6. The van der Waals surface area contributed by atoms with E-state index in [9.17, 15) is 0 Å². The highest BCUT2D eigenvalue weighted by Gasteiger charge is 2.49. The average molecular weight is 1110 g/mol. The summed E-state index contributed by atoms with van der Waals surface area (Å²) in [5, 5.41) is 0. The molecule has 0 saturated heterocycles. The van der Waals surface area contributed by atoms with Gasteiger partial charge >= 0.3 is 0 Å². The van der Waals surface area contributed by atoms with E-state index in [4.69, 9.17) is 0 Å². The van der Waals surface area contributed by atoms with E-state index in [2.05, 4.69) is 312 Å². The van der Waals surface area contributed by atoms with Gasteiger partial charge < -0.3 is 0 Å². The third-order valence-corrected chi connectivity index (χ3v) is 23.1. The predicted octanol–water partition coefficient (Wildman–Crippen LogP) is 28.7. The van der Waals surface area contributed by atoms with Gasteiger partial charge in [-0.05, 0) is 170 Å². The Hall–Kier alpha value is 0. The van der Waals surface area contributed by atoms with Crippen molar-refractivity contribution in [2.24, 2.45) is 125 Å². The third-order valence-electron chi connectivity index (χ3n) is 23.1. The summed E-state index contributed by atoms with van der Waals surface area (Å²) >= 11 is 0. The van der Waals surface area contributed by atoms with Crippen LogP contribution in [0, 0.1) is 125 Å². The Balaban J connectivity index is -0.000000185. The molecular formula is C78H168. The molecule has 4 atom stereocenters. The molecule has 0 amide bonds. The smallest absolute Gasteiger partial charge is 0.0297 e. The molecule has 0 radical (unpaired) electrons. The minimum Gasteiger partial charge on any atom is -0.0651 e. The first-order valence-corrected chi connectivity index (χ1v) is 34.0. The van der Waals surface area contributed by atoms with Crippen LogP contribution in [0.2, 0.25) is 0 Å². The molecule has 0 aromatic heterocycles. The van der Waals surface area contributed by atoms with Crippen molar-refractivity contribution < 1.29 is 0 Å². The molecule has 0 aromatic carbocycles. The molecule has 0 bridgehead atoms. The van der Waals surface area contributed by atoms with Crippen LogP contribution in [-0.4, -0.2) is 0 Å². The van der Waals surface area contributed by atoms with Crippen LogP contribution in [0.5, 0.6) is 0 Å². The van der Waals surface area contributed by atoms with Gasteiger partial charge in [-0.1, -0.05) is 337 Å². The quantitative estimate of drug-likeness (QED) is 0.205. The van der Waals surface area contributed by atoms with E-state index < -0.39 is 0 Å². The van der Waals surface area contributed by atoms with Crippen molar-refractivity contribution in [2.75, 3.05) is 0 Å². The van der Waals surface area contributed by atoms with E-state index in [0.717, 1.165) is 58.7 Å². The fourth-order valence-electron chi connectivity index (χ4n) is 5.71. The SMILES string of the molecule is CC(C)(C)C(C)(C)C.CC(C)(C)C(C)(C)C.CC(C)(C)C(C)(C)C.CC(C)C(C)C(C)C.CC1(C2CC2)CC1.CCC(C)(C)C(C)(C)C.CCC(C)(C)C(C)C.CCC(C)C(C)(C)C.CC[C@@H](C)C(C)C.C[C@H]1CC1C1CC1. The molecule has 4 rings (SSSR count). The molecule has 2 unspecified atom stereocenters. The molecule has 0 aromatic rings. The molecule has 0 spiro atoms.